The van der Waals surface area contributed by atoms with E-state index < -0.39 is 0 Å². The Bertz CT molecular complexity index is 500. The van der Waals surface area contributed by atoms with Crippen molar-refractivity contribution in [1.82, 2.24) is 4.98 Å². The Kier molecular flexibility index (Phi) is 5.19. The second-order valence-corrected chi connectivity index (χ2v) is 5.35. The smallest absolute Gasteiger partial charge is 0.346 e. The Balaban J connectivity index is 2.15. The Morgan fingerprint density at radius 1 is 1.48 bits per heavy atom. The Morgan fingerprint density at radius 2 is 2.19 bits per heavy atom. The van der Waals surface area contributed by atoms with Gasteiger partial charge < -0.3 is 15.8 Å². The molecule has 0 unspecified atom stereocenters. The number of carbonyl (C=O) groups is 1. The number of piperidine rings is 1. The van der Waals surface area contributed by atoms with Gasteiger partial charge in [-0.15, -0.1) is 0 Å². The molecular weight excluding hydrogens is 270 g/mol. The molecule has 21 heavy (non-hydrogen) atoms. The summed E-state index contributed by atoms with van der Waals surface area (Å²) in [5.74, 6) is 0.509. The zero-order valence-electron chi connectivity index (χ0n) is 12.5. The summed E-state index contributed by atoms with van der Waals surface area (Å²) < 4.78 is 0.470. The van der Waals surface area contributed by atoms with Crippen LogP contribution in [0.1, 0.15) is 45.4 Å². The van der Waals surface area contributed by atoms with Gasteiger partial charge in [0.1, 0.15) is 0 Å². The van der Waals surface area contributed by atoms with Crippen LogP contribution in [0.25, 0.3) is 0 Å². The number of nitrogens with zero attached hydrogens (tertiary/aromatic N) is 3. The van der Waals surface area contributed by atoms with E-state index in [1.807, 2.05) is 6.92 Å². The maximum Gasteiger partial charge on any atom is 0.346 e. The summed E-state index contributed by atoms with van der Waals surface area (Å²) in [5.41, 5.74) is 5.67. The molecule has 1 fully saturated rings. The van der Waals surface area contributed by atoms with Crippen molar-refractivity contribution in [2.75, 3.05) is 29.0 Å². The number of anilines is 3. The van der Waals surface area contributed by atoms with E-state index in [2.05, 4.69) is 15.2 Å². The third kappa shape index (κ3) is 3.96. The number of hydrogen-bond donors (Lipinski definition) is 2. The zero-order chi connectivity index (χ0) is 15.2. The van der Waals surface area contributed by atoms with Crippen molar-refractivity contribution >= 4 is 23.5 Å². The monoisotopic (exact) mass is 293 g/mol. The lowest BCUT2D eigenvalue weighted by Crippen LogP contribution is -2.39. The molecule has 0 aromatic carbocycles. The molecule has 1 aliphatic heterocycles. The SMILES string of the molecule is CCCCC(=O)Nc1cc(N2CCCCC2)nc(N)[n+]1[O-]. The van der Waals surface area contributed by atoms with E-state index in [-0.39, 0.29) is 17.7 Å². The van der Waals surface area contributed by atoms with Gasteiger partial charge in [-0.25, -0.2) is 4.73 Å². The zero-order valence-corrected chi connectivity index (χ0v) is 12.5. The van der Waals surface area contributed by atoms with Crippen LogP contribution in [0.3, 0.4) is 0 Å². The maximum atomic E-state index is 11.9. The van der Waals surface area contributed by atoms with Crippen molar-refractivity contribution in [2.24, 2.45) is 0 Å². The van der Waals surface area contributed by atoms with Crippen LogP contribution in [0.15, 0.2) is 6.07 Å². The van der Waals surface area contributed by atoms with Crippen LogP contribution in [-0.4, -0.2) is 24.0 Å². The fraction of sp³-hybridized carbons (Fsp3) is 0.643. The molecule has 7 nitrogen and oxygen atoms in total. The van der Waals surface area contributed by atoms with Crippen molar-refractivity contribution in [3.05, 3.63) is 11.3 Å². The number of carbonyl (C=O) groups excluding carboxylic acids is 1. The molecule has 1 aromatic rings. The van der Waals surface area contributed by atoms with Gasteiger partial charge in [-0.3, -0.25) is 10.1 Å². The Labute approximate surface area is 124 Å². The third-order valence-corrected chi connectivity index (χ3v) is 3.63. The number of amides is 1. The standard InChI is InChI=1S/C14H23N5O2/c1-2-3-7-13(20)16-12-10-11(17-14(15)19(12)21)18-8-5-4-6-9-18/h10H,2-9H2,1H3,(H2,15,17)(H,16,20). The van der Waals surface area contributed by atoms with Gasteiger partial charge in [-0.1, -0.05) is 18.3 Å². The van der Waals surface area contributed by atoms with E-state index in [9.17, 15) is 10.0 Å². The van der Waals surface area contributed by atoms with Crippen LogP contribution < -0.4 is 20.7 Å². The van der Waals surface area contributed by atoms with E-state index >= 15 is 0 Å². The van der Waals surface area contributed by atoms with Gasteiger partial charge in [0.25, 0.3) is 5.91 Å². The van der Waals surface area contributed by atoms with Gasteiger partial charge in [0, 0.05) is 19.5 Å². The number of nitrogens with two attached hydrogens (primary N) is 1. The number of hydrogen-bond acceptors (Lipinski definition) is 5. The average Bonchev–Trinajstić information content (AvgIpc) is 2.50. The number of nitrogens with one attached hydrogen (secondary N) is 1. The predicted octanol–water partition coefficient (Wildman–Crippen LogP) is 1.42. The van der Waals surface area contributed by atoms with Crippen molar-refractivity contribution in [3.63, 3.8) is 0 Å². The highest BCUT2D eigenvalue weighted by molar-refractivity contribution is 5.89. The highest BCUT2D eigenvalue weighted by Crippen LogP contribution is 2.20. The topological polar surface area (TPSA) is 98.2 Å². The molecular formula is C14H23N5O2. The minimum Gasteiger partial charge on any atom is -0.754 e. The van der Waals surface area contributed by atoms with Crippen molar-refractivity contribution in [1.29, 1.82) is 0 Å². The van der Waals surface area contributed by atoms with Crippen LogP contribution in [0.5, 0.6) is 0 Å². The van der Waals surface area contributed by atoms with E-state index in [1.54, 1.807) is 6.07 Å². The van der Waals surface area contributed by atoms with E-state index in [0.29, 0.717) is 17.0 Å². The summed E-state index contributed by atoms with van der Waals surface area (Å²) in [4.78, 5) is 18.0. The van der Waals surface area contributed by atoms with E-state index in [1.165, 1.54) is 6.42 Å². The fourth-order valence-electron chi connectivity index (χ4n) is 2.41. The minimum atomic E-state index is -0.170. The third-order valence-electron chi connectivity index (χ3n) is 3.63. The normalized spacial score (nSPS) is 15.0. The van der Waals surface area contributed by atoms with Gasteiger partial charge >= 0.3 is 5.95 Å². The maximum absolute atomic E-state index is 11.9. The van der Waals surface area contributed by atoms with Crippen LogP contribution in [0.2, 0.25) is 0 Å². The van der Waals surface area contributed by atoms with Crippen LogP contribution in [0.4, 0.5) is 17.6 Å². The molecule has 0 spiro atoms. The highest BCUT2D eigenvalue weighted by atomic mass is 16.5. The molecule has 3 N–H and O–H groups in total. The number of unbranched alkanes of at least 4 members (excludes halogenated alkanes) is 1. The summed E-state index contributed by atoms with van der Waals surface area (Å²) >= 11 is 0. The second kappa shape index (κ2) is 7.10. The Hall–Kier alpha value is -2.05. The largest absolute Gasteiger partial charge is 0.754 e. The van der Waals surface area contributed by atoms with Gasteiger partial charge in [0.05, 0.1) is 6.07 Å². The molecule has 1 aromatic heterocycles. The molecule has 0 aliphatic carbocycles. The Morgan fingerprint density at radius 3 is 2.86 bits per heavy atom. The number of aromatic nitrogens is 2. The average molecular weight is 293 g/mol. The highest BCUT2D eigenvalue weighted by Gasteiger charge is 2.19. The molecule has 116 valence electrons. The van der Waals surface area contributed by atoms with Gasteiger partial charge in [0.2, 0.25) is 5.82 Å². The summed E-state index contributed by atoms with van der Waals surface area (Å²) in [7, 11) is 0. The molecule has 1 aliphatic rings. The lowest BCUT2D eigenvalue weighted by Gasteiger charge is -2.27. The first kappa shape index (κ1) is 15.3. The van der Waals surface area contributed by atoms with Crippen molar-refractivity contribution in [3.8, 4) is 0 Å². The van der Waals surface area contributed by atoms with Gasteiger partial charge in [-0.05, 0) is 25.7 Å². The molecule has 2 rings (SSSR count). The number of nitrogen functional groups attached to an aromatic ring is 1. The van der Waals surface area contributed by atoms with Gasteiger partial charge in [0.15, 0.2) is 5.82 Å². The van der Waals surface area contributed by atoms with Crippen LogP contribution in [-0.2, 0) is 4.79 Å². The van der Waals surface area contributed by atoms with E-state index in [0.717, 1.165) is 38.8 Å². The first-order chi connectivity index (χ1) is 10.1. The molecule has 1 amide bonds. The summed E-state index contributed by atoms with van der Waals surface area (Å²) in [6.07, 6.45) is 5.55. The first-order valence-electron chi connectivity index (χ1n) is 7.56. The summed E-state index contributed by atoms with van der Waals surface area (Å²) in [6, 6.07) is 1.61. The van der Waals surface area contributed by atoms with Crippen LogP contribution in [0, 0.1) is 5.21 Å². The van der Waals surface area contributed by atoms with Crippen molar-refractivity contribution < 1.29 is 9.52 Å². The molecule has 0 bridgehead atoms. The van der Waals surface area contributed by atoms with Crippen LogP contribution >= 0.6 is 0 Å². The van der Waals surface area contributed by atoms with E-state index in [4.69, 9.17) is 5.73 Å². The lowest BCUT2D eigenvalue weighted by atomic mass is 10.1. The molecule has 0 radical (unpaired) electrons. The quantitative estimate of drug-likeness (QED) is 0.632. The first-order valence-corrected chi connectivity index (χ1v) is 7.56. The number of rotatable bonds is 5. The van der Waals surface area contributed by atoms with Crippen molar-refractivity contribution in [2.45, 2.75) is 45.4 Å². The minimum absolute atomic E-state index is 0.135. The second-order valence-electron chi connectivity index (χ2n) is 5.35. The lowest BCUT2D eigenvalue weighted by molar-refractivity contribution is -0.577. The molecule has 2 heterocycles. The summed E-state index contributed by atoms with van der Waals surface area (Å²) in [6.45, 7) is 3.82. The molecule has 1 saturated heterocycles. The predicted molar refractivity (Wildman–Crippen MR) is 81.8 cm³/mol. The van der Waals surface area contributed by atoms with Gasteiger partial charge in [-0.2, -0.15) is 0 Å². The fourth-order valence-corrected chi connectivity index (χ4v) is 2.41. The molecule has 0 atom stereocenters. The molecule has 0 saturated carbocycles. The summed E-state index contributed by atoms with van der Waals surface area (Å²) in [5, 5.41) is 14.5. The molecule has 7 heteroatoms.